The molecule has 2 aromatic heterocycles. The van der Waals surface area contributed by atoms with Crippen LogP contribution in [0.15, 0.2) is 36.7 Å². The van der Waals surface area contributed by atoms with E-state index in [1.807, 2.05) is 31.5 Å². The lowest BCUT2D eigenvalue weighted by atomic mass is 10.3. The van der Waals surface area contributed by atoms with E-state index in [-0.39, 0.29) is 0 Å². The summed E-state index contributed by atoms with van der Waals surface area (Å²) < 4.78 is 1.77. The number of rotatable bonds is 3. The van der Waals surface area contributed by atoms with Gasteiger partial charge < -0.3 is 5.32 Å². The molecule has 4 nitrogen and oxygen atoms in total. The second-order valence-corrected chi connectivity index (χ2v) is 5.37. The van der Waals surface area contributed by atoms with Crippen molar-refractivity contribution in [2.45, 2.75) is 13.5 Å². The van der Waals surface area contributed by atoms with Gasteiger partial charge in [-0.1, -0.05) is 23.2 Å². The number of benzene rings is 1. The summed E-state index contributed by atoms with van der Waals surface area (Å²) in [4.78, 5) is 4.36. The van der Waals surface area contributed by atoms with Crippen LogP contribution in [0, 0.1) is 6.92 Å². The molecule has 0 aliphatic heterocycles. The van der Waals surface area contributed by atoms with Crippen molar-refractivity contribution in [2.24, 2.45) is 0 Å². The first-order valence-corrected chi connectivity index (χ1v) is 6.87. The van der Waals surface area contributed by atoms with Crippen molar-refractivity contribution in [1.82, 2.24) is 14.6 Å². The van der Waals surface area contributed by atoms with Crippen molar-refractivity contribution >= 4 is 34.5 Å². The van der Waals surface area contributed by atoms with Crippen LogP contribution in [0.4, 0.5) is 5.69 Å². The molecule has 0 unspecified atom stereocenters. The Morgan fingerprint density at radius 2 is 2.10 bits per heavy atom. The van der Waals surface area contributed by atoms with E-state index in [9.17, 15) is 0 Å². The first kappa shape index (κ1) is 13.2. The Morgan fingerprint density at radius 1 is 1.25 bits per heavy atom. The van der Waals surface area contributed by atoms with Crippen molar-refractivity contribution in [1.29, 1.82) is 0 Å². The molecule has 1 aromatic carbocycles. The van der Waals surface area contributed by atoms with Crippen LogP contribution in [0.2, 0.25) is 10.0 Å². The predicted octanol–water partition coefficient (Wildman–Crippen LogP) is 3.96. The van der Waals surface area contributed by atoms with Gasteiger partial charge in [0.15, 0.2) is 5.65 Å². The molecule has 20 heavy (non-hydrogen) atoms. The minimum absolute atomic E-state index is 0.599. The van der Waals surface area contributed by atoms with Crippen molar-refractivity contribution in [2.75, 3.05) is 5.32 Å². The lowest BCUT2D eigenvalue weighted by Gasteiger charge is -2.08. The zero-order valence-corrected chi connectivity index (χ0v) is 12.3. The van der Waals surface area contributed by atoms with Crippen LogP contribution in [-0.4, -0.2) is 14.6 Å². The Bertz CT molecular complexity index is 767. The summed E-state index contributed by atoms with van der Waals surface area (Å²) in [5, 5.41) is 8.82. The molecule has 3 rings (SSSR count). The van der Waals surface area contributed by atoms with Gasteiger partial charge >= 0.3 is 0 Å². The van der Waals surface area contributed by atoms with Crippen LogP contribution in [-0.2, 0) is 6.54 Å². The average molecular weight is 307 g/mol. The second kappa shape index (κ2) is 5.31. The van der Waals surface area contributed by atoms with Gasteiger partial charge in [0, 0.05) is 35.6 Å². The fourth-order valence-electron chi connectivity index (χ4n) is 1.96. The van der Waals surface area contributed by atoms with Gasteiger partial charge in [0.2, 0.25) is 0 Å². The van der Waals surface area contributed by atoms with Gasteiger partial charge in [-0.05, 0) is 25.1 Å². The minimum Gasteiger partial charge on any atom is -0.380 e. The quantitative estimate of drug-likeness (QED) is 0.796. The predicted molar refractivity (Wildman–Crippen MR) is 81.5 cm³/mol. The van der Waals surface area contributed by atoms with Crippen LogP contribution in [0.25, 0.3) is 5.65 Å². The molecule has 0 amide bonds. The Labute approximate surface area is 126 Å². The molecule has 0 atom stereocenters. The first-order chi connectivity index (χ1) is 9.61. The number of halogens is 2. The molecule has 0 bridgehead atoms. The third-order valence-corrected chi connectivity index (χ3v) is 3.45. The molecule has 0 aliphatic carbocycles. The smallest absolute Gasteiger partial charge is 0.155 e. The highest BCUT2D eigenvalue weighted by Crippen LogP contribution is 2.25. The maximum Gasteiger partial charge on any atom is 0.155 e. The summed E-state index contributed by atoms with van der Waals surface area (Å²) in [6.45, 7) is 2.56. The zero-order valence-electron chi connectivity index (χ0n) is 10.8. The molecule has 102 valence electrons. The average Bonchev–Trinajstić information content (AvgIpc) is 2.77. The zero-order chi connectivity index (χ0) is 14.1. The number of hydrogen-bond acceptors (Lipinski definition) is 3. The van der Waals surface area contributed by atoms with Crippen LogP contribution in [0.5, 0.6) is 0 Å². The summed E-state index contributed by atoms with van der Waals surface area (Å²) >= 11 is 12.0. The minimum atomic E-state index is 0.599. The summed E-state index contributed by atoms with van der Waals surface area (Å²) in [5.41, 5.74) is 3.65. The van der Waals surface area contributed by atoms with Crippen LogP contribution in [0.3, 0.4) is 0 Å². The molecule has 0 radical (unpaired) electrons. The standard InChI is InChI=1S/C14H12Cl2N4/c1-9-4-14-18-7-10(8-20(14)19-9)6-17-13-3-2-11(15)5-12(13)16/h2-5,7-8,17H,6H2,1H3. The van der Waals surface area contributed by atoms with E-state index in [2.05, 4.69) is 15.4 Å². The fraction of sp³-hybridized carbons (Fsp3) is 0.143. The number of anilines is 1. The number of nitrogens with zero attached hydrogens (tertiary/aromatic N) is 3. The second-order valence-electron chi connectivity index (χ2n) is 4.53. The molecular formula is C14H12Cl2N4. The highest BCUT2D eigenvalue weighted by molar-refractivity contribution is 6.36. The Morgan fingerprint density at radius 3 is 2.90 bits per heavy atom. The lowest BCUT2D eigenvalue weighted by Crippen LogP contribution is -2.02. The monoisotopic (exact) mass is 306 g/mol. The van der Waals surface area contributed by atoms with Gasteiger partial charge in [-0.25, -0.2) is 9.50 Å². The van der Waals surface area contributed by atoms with Gasteiger partial charge in [0.05, 0.1) is 16.4 Å². The van der Waals surface area contributed by atoms with E-state index in [4.69, 9.17) is 23.2 Å². The van der Waals surface area contributed by atoms with E-state index in [0.29, 0.717) is 16.6 Å². The molecule has 0 spiro atoms. The third-order valence-electron chi connectivity index (χ3n) is 2.90. The Balaban J connectivity index is 1.79. The topological polar surface area (TPSA) is 42.2 Å². The van der Waals surface area contributed by atoms with E-state index < -0.39 is 0 Å². The largest absolute Gasteiger partial charge is 0.380 e. The van der Waals surface area contributed by atoms with Gasteiger partial charge in [0.1, 0.15) is 0 Å². The molecule has 6 heteroatoms. The summed E-state index contributed by atoms with van der Waals surface area (Å²) in [6, 6.07) is 7.31. The molecule has 3 aromatic rings. The van der Waals surface area contributed by atoms with Crippen LogP contribution < -0.4 is 5.32 Å². The number of fused-ring (bicyclic) bond motifs is 1. The van der Waals surface area contributed by atoms with E-state index in [1.54, 1.807) is 16.6 Å². The van der Waals surface area contributed by atoms with Crippen LogP contribution >= 0.6 is 23.2 Å². The van der Waals surface area contributed by atoms with Gasteiger partial charge in [0.25, 0.3) is 0 Å². The van der Waals surface area contributed by atoms with Crippen molar-refractivity contribution < 1.29 is 0 Å². The third kappa shape index (κ3) is 2.71. The number of nitrogens with one attached hydrogen (secondary N) is 1. The Hall–Kier alpha value is -1.78. The van der Waals surface area contributed by atoms with Crippen molar-refractivity contribution in [3.05, 3.63) is 58.0 Å². The van der Waals surface area contributed by atoms with Gasteiger partial charge in [-0.15, -0.1) is 0 Å². The number of aromatic nitrogens is 3. The number of aryl methyl sites for hydroxylation is 1. The Kier molecular flexibility index (Phi) is 3.51. The molecular weight excluding hydrogens is 295 g/mol. The van der Waals surface area contributed by atoms with Crippen molar-refractivity contribution in [3.63, 3.8) is 0 Å². The summed E-state index contributed by atoms with van der Waals surface area (Å²) in [5.74, 6) is 0. The molecule has 0 saturated heterocycles. The molecule has 1 N–H and O–H groups in total. The number of hydrogen-bond donors (Lipinski definition) is 1. The molecule has 0 aliphatic rings. The van der Waals surface area contributed by atoms with E-state index in [0.717, 1.165) is 22.6 Å². The first-order valence-electron chi connectivity index (χ1n) is 6.12. The lowest BCUT2D eigenvalue weighted by molar-refractivity contribution is 0.895. The molecule has 0 saturated carbocycles. The molecule has 2 heterocycles. The van der Waals surface area contributed by atoms with Crippen molar-refractivity contribution in [3.8, 4) is 0 Å². The maximum atomic E-state index is 6.11. The summed E-state index contributed by atoms with van der Waals surface area (Å²) in [6.07, 6.45) is 3.78. The molecule has 0 fully saturated rings. The van der Waals surface area contributed by atoms with Crippen LogP contribution in [0.1, 0.15) is 11.3 Å². The highest BCUT2D eigenvalue weighted by Gasteiger charge is 2.03. The van der Waals surface area contributed by atoms with Gasteiger partial charge in [-0.2, -0.15) is 5.10 Å². The fourth-order valence-corrected chi connectivity index (χ4v) is 2.43. The van der Waals surface area contributed by atoms with E-state index >= 15 is 0 Å². The normalized spacial score (nSPS) is 10.9. The SMILES string of the molecule is Cc1cc2ncc(CNc3ccc(Cl)cc3Cl)cn2n1. The summed E-state index contributed by atoms with van der Waals surface area (Å²) in [7, 11) is 0. The van der Waals surface area contributed by atoms with Gasteiger partial charge in [-0.3, -0.25) is 0 Å². The maximum absolute atomic E-state index is 6.11. The highest BCUT2D eigenvalue weighted by atomic mass is 35.5. The van der Waals surface area contributed by atoms with E-state index in [1.165, 1.54) is 0 Å².